The smallest absolute Gasteiger partial charge is 0.345 e. The number of hydrogen-bond donors (Lipinski definition) is 1. The number of carboxylic acid groups (broad SMARTS) is 1. The topological polar surface area (TPSA) is 46.5 Å². The Morgan fingerprint density at radius 3 is 2.62 bits per heavy atom. The van der Waals surface area contributed by atoms with Crippen LogP contribution in [0.25, 0.3) is 0 Å². The minimum atomic E-state index is -0.926. The van der Waals surface area contributed by atoms with Gasteiger partial charge in [-0.1, -0.05) is 29.5 Å². The number of carboxylic acids is 1. The fourth-order valence-electron chi connectivity index (χ4n) is 1.27. The maximum absolute atomic E-state index is 10.7. The minimum absolute atomic E-state index is 0.281. The van der Waals surface area contributed by atoms with Gasteiger partial charge in [0.05, 0.1) is 0 Å². The first-order valence-electron chi connectivity index (χ1n) is 4.73. The molecule has 2 aromatic rings. The third-order valence-electron chi connectivity index (χ3n) is 2.10. The number of ether oxygens (including phenoxy) is 1. The zero-order valence-corrected chi connectivity index (χ0v) is 9.45. The summed E-state index contributed by atoms with van der Waals surface area (Å²) in [5, 5.41) is 9.36. The Bertz CT molecular complexity index is 516. The summed E-state index contributed by atoms with van der Waals surface area (Å²) in [7, 11) is 0. The van der Waals surface area contributed by atoms with Gasteiger partial charge in [-0.2, -0.15) is 0 Å². The van der Waals surface area contributed by atoms with E-state index < -0.39 is 5.97 Å². The van der Waals surface area contributed by atoms with E-state index in [1.54, 1.807) is 12.1 Å². The van der Waals surface area contributed by atoms with E-state index in [-0.39, 0.29) is 4.88 Å². The van der Waals surface area contributed by atoms with Crippen LogP contribution in [-0.2, 0) is 0 Å². The molecule has 16 heavy (non-hydrogen) atoms. The van der Waals surface area contributed by atoms with Gasteiger partial charge in [-0.3, -0.25) is 0 Å². The van der Waals surface area contributed by atoms with Gasteiger partial charge < -0.3 is 9.84 Å². The Morgan fingerprint density at radius 1 is 1.25 bits per heavy atom. The van der Waals surface area contributed by atoms with Crippen LogP contribution in [0.3, 0.4) is 0 Å². The molecule has 0 aliphatic carbocycles. The number of benzene rings is 1. The number of aryl methyl sites for hydroxylation is 1. The zero-order valence-electron chi connectivity index (χ0n) is 8.64. The summed E-state index contributed by atoms with van der Waals surface area (Å²) >= 11 is 1.12. The van der Waals surface area contributed by atoms with Gasteiger partial charge in [-0.15, -0.1) is 0 Å². The summed E-state index contributed by atoms with van der Waals surface area (Å²) in [6.45, 7) is 1.95. The molecule has 1 aromatic heterocycles. The molecule has 0 unspecified atom stereocenters. The SMILES string of the molecule is Cc1ccccc1Oc1ccc(C(=O)O)s1. The van der Waals surface area contributed by atoms with Crippen molar-refractivity contribution in [1.29, 1.82) is 0 Å². The van der Waals surface area contributed by atoms with E-state index in [0.29, 0.717) is 5.06 Å². The quantitative estimate of drug-likeness (QED) is 0.883. The van der Waals surface area contributed by atoms with Crippen molar-refractivity contribution in [2.24, 2.45) is 0 Å². The van der Waals surface area contributed by atoms with Gasteiger partial charge in [0.25, 0.3) is 0 Å². The summed E-state index contributed by atoms with van der Waals surface area (Å²) in [6.07, 6.45) is 0. The predicted octanol–water partition coefficient (Wildman–Crippen LogP) is 3.55. The van der Waals surface area contributed by atoms with Gasteiger partial charge >= 0.3 is 5.97 Å². The Hall–Kier alpha value is -1.81. The molecular weight excluding hydrogens is 224 g/mol. The van der Waals surface area contributed by atoms with Crippen molar-refractivity contribution in [2.45, 2.75) is 6.92 Å². The second-order valence-corrected chi connectivity index (χ2v) is 4.34. The van der Waals surface area contributed by atoms with E-state index in [1.165, 1.54) is 0 Å². The Kier molecular flexibility index (Phi) is 2.92. The molecule has 0 amide bonds. The molecule has 0 bridgehead atoms. The van der Waals surface area contributed by atoms with E-state index in [1.807, 2.05) is 31.2 Å². The molecule has 0 saturated carbocycles. The standard InChI is InChI=1S/C12H10O3S/c1-8-4-2-3-5-9(8)15-11-7-6-10(16-11)12(13)14/h2-7H,1H3,(H,13,14). The van der Waals surface area contributed by atoms with Crippen LogP contribution in [0, 0.1) is 6.92 Å². The van der Waals surface area contributed by atoms with E-state index >= 15 is 0 Å². The highest BCUT2D eigenvalue weighted by Gasteiger charge is 2.08. The van der Waals surface area contributed by atoms with Crippen molar-refractivity contribution >= 4 is 17.3 Å². The van der Waals surface area contributed by atoms with Crippen molar-refractivity contribution in [3.63, 3.8) is 0 Å². The fraction of sp³-hybridized carbons (Fsp3) is 0.0833. The van der Waals surface area contributed by atoms with Crippen LogP contribution in [0.1, 0.15) is 15.2 Å². The van der Waals surface area contributed by atoms with Gasteiger partial charge in [-0.25, -0.2) is 4.79 Å². The Labute approximate surface area is 96.9 Å². The highest BCUT2D eigenvalue weighted by molar-refractivity contribution is 7.15. The van der Waals surface area contributed by atoms with Gasteiger partial charge in [0.2, 0.25) is 0 Å². The van der Waals surface area contributed by atoms with Gasteiger partial charge in [0, 0.05) is 0 Å². The van der Waals surface area contributed by atoms with Crippen LogP contribution in [-0.4, -0.2) is 11.1 Å². The molecule has 2 rings (SSSR count). The molecule has 0 atom stereocenters. The van der Waals surface area contributed by atoms with Crippen LogP contribution in [0.5, 0.6) is 10.8 Å². The monoisotopic (exact) mass is 234 g/mol. The van der Waals surface area contributed by atoms with E-state index in [0.717, 1.165) is 22.6 Å². The molecule has 0 radical (unpaired) electrons. The van der Waals surface area contributed by atoms with Crippen LogP contribution in [0.2, 0.25) is 0 Å². The lowest BCUT2D eigenvalue weighted by atomic mass is 10.2. The predicted molar refractivity (Wildman–Crippen MR) is 62.5 cm³/mol. The molecule has 0 saturated heterocycles. The summed E-state index contributed by atoms with van der Waals surface area (Å²) in [6, 6.07) is 10.8. The molecule has 4 heteroatoms. The summed E-state index contributed by atoms with van der Waals surface area (Å²) < 4.78 is 5.60. The fourth-order valence-corrected chi connectivity index (χ4v) is 1.98. The molecule has 82 valence electrons. The van der Waals surface area contributed by atoms with Crippen LogP contribution in [0.15, 0.2) is 36.4 Å². The number of hydrogen-bond acceptors (Lipinski definition) is 3. The number of carbonyl (C=O) groups is 1. The first-order chi connectivity index (χ1) is 7.66. The Morgan fingerprint density at radius 2 is 2.00 bits per heavy atom. The van der Waals surface area contributed by atoms with Gasteiger partial charge in [0.1, 0.15) is 10.6 Å². The zero-order chi connectivity index (χ0) is 11.5. The third kappa shape index (κ3) is 2.23. The van der Waals surface area contributed by atoms with Crippen molar-refractivity contribution < 1.29 is 14.6 Å². The molecule has 3 nitrogen and oxygen atoms in total. The van der Waals surface area contributed by atoms with E-state index in [9.17, 15) is 4.79 Å². The molecular formula is C12H10O3S. The van der Waals surface area contributed by atoms with Crippen LogP contribution >= 0.6 is 11.3 Å². The maximum atomic E-state index is 10.7. The summed E-state index contributed by atoms with van der Waals surface area (Å²) in [5.41, 5.74) is 1.02. The second kappa shape index (κ2) is 4.37. The number of thiophene rings is 1. The number of para-hydroxylation sites is 1. The third-order valence-corrected chi connectivity index (χ3v) is 3.05. The van der Waals surface area contributed by atoms with E-state index in [4.69, 9.17) is 9.84 Å². The maximum Gasteiger partial charge on any atom is 0.345 e. The van der Waals surface area contributed by atoms with Gasteiger partial charge in [0.15, 0.2) is 5.06 Å². The van der Waals surface area contributed by atoms with Crippen molar-refractivity contribution in [1.82, 2.24) is 0 Å². The lowest BCUT2D eigenvalue weighted by molar-refractivity contribution is 0.0702. The van der Waals surface area contributed by atoms with Crippen molar-refractivity contribution in [2.75, 3.05) is 0 Å². The number of aromatic carboxylic acids is 1. The first kappa shape index (κ1) is 10.7. The number of rotatable bonds is 3. The lowest BCUT2D eigenvalue weighted by Gasteiger charge is -2.04. The van der Waals surface area contributed by atoms with Gasteiger partial charge in [-0.05, 0) is 30.7 Å². The highest BCUT2D eigenvalue weighted by Crippen LogP contribution is 2.30. The average molecular weight is 234 g/mol. The van der Waals surface area contributed by atoms with Crippen molar-refractivity contribution in [3.8, 4) is 10.8 Å². The second-order valence-electron chi connectivity index (χ2n) is 3.29. The normalized spacial score (nSPS) is 10.1. The lowest BCUT2D eigenvalue weighted by Crippen LogP contribution is -1.89. The van der Waals surface area contributed by atoms with Crippen molar-refractivity contribution in [3.05, 3.63) is 46.8 Å². The molecule has 0 fully saturated rings. The molecule has 1 N–H and O–H groups in total. The molecule has 1 heterocycles. The minimum Gasteiger partial charge on any atom is -0.477 e. The summed E-state index contributed by atoms with van der Waals surface area (Å²) in [4.78, 5) is 11.0. The van der Waals surface area contributed by atoms with Crippen LogP contribution < -0.4 is 4.74 Å². The molecule has 0 aliphatic rings. The molecule has 1 aromatic carbocycles. The largest absolute Gasteiger partial charge is 0.477 e. The molecule has 0 spiro atoms. The average Bonchev–Trinajstić information content (AvgIpc) is 2.70. The van der Waals surface area contributed by atoms with E-state index in [2.05, 4.69) is 0 Å². The Balaban J connectivity index is 2.21. The van der Waals surface area contributed by atoms with Crippen LogP contribution in [0.4, 0.5) is 0 Å². The highest BCUT2D eigenvalue weighted by atomic mass is 32.1. The summed E-state index contributed by atoms with van der Waals surface area (Å²) in [5.74, 6) is -0.175. The molecule has 0 aliphatic heterocycles. The first-order valence-corrected chi connectivity index (χ1v) is 5.55.